The summed E-state index contributed by atoms with van der Waals surface area (Å²) in [7, 11) is 0. The molecule has 1 aliphatic rings. The SMILES string of the molecule is O=C1CCCN1NCc1ccc(OCc2ccc(F)cc2)cc1. The van der Waals surface area contributed by atoms with Gasteiger partial charge in [-0.05, 0) is 41.8 Å². The number of benzene rings is 2. The van der Waals surface area contributed by atoms with Gasteiger partial charge in [0.15, 0.2) is 0 Å². The Hall–Kier alpha value is -2.40. The van der Waals surface area contributed by atoms with E-state index in [1.807, 2.05) is 24.3 Å². The van der Waals surface area contributed by atoms with E-state index >= 15 is 0 Å². The molecule has 0 aromatic heterocycles. The second kappa shape index (κ2) is 7.24. The summed E-state index contributed by atoms with van der Waals surface area (Å²) in [5.41, 5.74) is 5.14. The van der Waals surface area contributed by atoms with E-state index in [9.17, 15) is 9.18 Å². The Morgan fingerprint density at radius 1 is 1.04 bits per heavy atom. The number of rotatable bonds is 6. The van der Waals surface area contributed by atoms with Crippen LogP contribution < -0.4 is 10.2 Å². The Bertz CT molecular complexity index is 656. The summed E-state index contributed by atoms with van der Waals surface area (Å²) in [5, 5.41) is 1.68. The van der Waals surface area contributed by atoms with Crippen molar-refractivity contribution < 1.29 is 13.9 Å². The van der Waals surface area contributed by atoms with Crippen molar-refractivity contribution in [3.63, 3.8) is 0 Å². The van der Waals surface area contributed by atoms with Gasteiger partial charge in [0.05, 0.1) is 0 Å². The predicted octanol–water partition coefficient (Wildman–Crippen LogP) is 3.03. The number of hydrazine groups is 1. The third-order valence-corrected chi connectivity index (χ3v) is 3.79. The van der Waals surface area contributed by atoms with Crippen LogP contribution in [0.1, 0.15) is 24.0 Å². The molecule has 1 aliphatic heterocycles. The normalized spacial score (nSPS) is 14.3. The molecular weight excluding hydrogens is 295 g/mol. The molecule has 1 amide bonds. The minimum atomic E-state index is -0.248. The summed E-state index contributed by atoms with van der Waals surface area (Å²) in [6.45, 7) is 1.79. The number of amides is 1. The van der Waals surface area contributed by atoms with Crippen LogP contribution in [0.4, 0.5) is 4.39 Å². The van der Waals surface area contributed by atoms with Crippen molar-refractivity contribution in [1.82, 2.24) is 10.4 Å². The van der Waals surface area contributed by atoms with Crippen LogP contribution in [0, 0.1) is 5.82 Å². The highest BCUT2D eigenvalue weighted by molar-refractivity contribution is 5.77. The van der Waals surface area contributed by atoms with Crippen LogP contribution >= 0.6 is 0 Å². The molecular formula is C18H19FN2O2. The number of hydrogen-bond donors (Lipinski definition) is 1. The Morgan fingerprint density at radius 2 is 1.74 bits per heavy atom. The Labute approximate surface area is 134 Å². The van der Waals surface area contributed by atoms with Crippen molar-refractivity contribution in [2.75, 3.05) is 6.54 Å². The van der Waals surface area contributed by atoms with Gasteiger partial charge >= 0.3 is 0 Å². The van der Waals surface area contributed by atoms with Crippen LogP contribution in [-0.4, -0.2) is 17.5 Å². The standard InChI is InChI=1S/C18H19FN2O2/c19-16-7-3-15(4-8-16)13-23-17-9-5-14(6-10-17)12-20-21-11-1-2-18(21)22/h3-10,20H,1-2,11-13H2. The van der Waals surface area contributed by atoms with Crippen molar-refractivity contribution in [2.45, 2.75) is 26.0 Å². The molecule has 0 radical (unpaired) electrons. The van der Waals surface area contributed by atoms with Gasteiger partial charge in [-0.15, -0.1) is 0 Å². The van der Waals surface area contributed by atoms with Crippen molar-refractivity contribution in [3.05, 3.63) is 65.5 Å². The minimum Gasteiger partial charge on any atom is -0.489 e. The zero-order valence-electron chi connectivity index (χ0n) is 12.8. The molecule has 5 heteroatoms. The van der Waals surface area contributed by atoms with Gasteiger partial charge in [-0.2, -0.15) is 0 Å². The van der Waals surface area contributed by atoms with Gasteiger partial charge in [0.1, 0.15) is 18.2 Å². The van der Waals surface area contributed by atoms with E-state index in [0.717, 1.165) is 29.8 Å². The van der Waals surface area contributed by atoms with Crippen LogP contribution in [0.25, 0.3) is 0 Å². The van der Waals surface area contributed by atoms with Gasteiger partial charge < -0.3 is 4.74 Å². The van der Waals surface area contributed by atoms with Crippen LogP contribution in [0.5, 0.6) is 5.75 Å². The maximum Gasteiger partial charge on any atom is 0.236 e. The van der Waals surface area contributed by atoms with Gasteiger partial charge in [0.25, 0.3) is 0 Å². The lowest BCUT2D eigenvalue weighted by Gasteiger charge is -2.17. The summed E-state index contributed by atoms with van der Waals surface area (Å²) in [5.74, 6) is 0.668. The lowest BCUT2D eigenvalue weighted by atomic mass is 10.2. The topological polar surface area (TPSA) is 41.6 Å². The van der Waals surface area contributed by atoms with E-state index in [1.165, 1.54) is 12.1 Å². The fraction of sp³-hybridized carbons (Fsp3) is 0.278. The van der Waals surface area contributed by atoms with Crippen LogP contribution in [0.3, 0.4) is 0 Å². The van der Waals surface area contributed by atoms with Crippen molar-refractivity contribution >= 4 is 5.91 Å². The number of carbonyl (C=O) groups is 1. The second-order valence-electron chi connectivity index (χ2n) is 5.54. The number of nitrogens with zero attached hydrogens (tertiary/aromatic N) is 1. The highest BCUT2D eigenvalue weighted by Gasteiger charge is 2.19. The molecule has 0 saturated carbocycles. The molecule has 1 fully saturated rings. The first-order chi connectivity index (χ1) is 11.2. The zero-order valence-corrected chi connectivity index (χ0v) is 12.8. The average Bonchev–Trinajstić information content (AvgIpc) is 2.98. The Kier molecular flexibility index (Phi) is 4.88. The van der Waals surface area contributed by atoms with E-state index in [-0.39, 0.29) is 11.7 Å². The van der Waals surface area contributed by atoms with E-state index in [2.05, 4.69) is 5.43 Å². The van der Waals surface area contributed by atoms with Gasteiger partial charge in [-0.3, -0.25) is 9.80 Å². The van der Waals surface area contributed by atoms with Gasteiger partial charge in [-0.1, -0.05) is 24.3 Å². The summed E-state index contributed by atoms with van der Waals surface area (Å²) >= 11 is 0. The maximum atomic E-state index is 12.8. The molecule has 0 aliphatic carbocycles. The molecule has 0 spiro atoms. The minimum absolute atomic E-state index is 0.157. The Morgan fingerprint density at radius 3 is 2.39 bits per heavy atom. The number of hydrogen-bond acceptors (Lipinski definition) is 3. The summed E-state index contributed by atoms with van der Waals surface area (Å²) in [6.07, 6.45) is 1.55. The van der Waals surface area contributed by atoms with Gasteiger partial charge in [-0.25, -0.2) is 9.82 Å². The molecule has 1 N–H and O–H groups in total. The summed E-state index contributed by atoms with van der Waals surface area (Å²) < 4.78 is 18.5. The Balaban J connectivity index is 1.48. The molecule has 120 valence electrons. The number of ether oxygens (including phenoxy) is 1. The second-order valence-corrected chi connectivity index (χ2v) is 5.54. The molecule has 1 saturated heterocycles. The first kappa shape index (κ1) is 15.5. The molecule has 4 nitrogen and oxygen atoms in total. The third kappa shape index (κ3) is 4.29. The predicted molar refractivity (Wildman–Crippen MR) is 85.0 cm³/mol. The van der Waals surface area contributed by atoms with Crippen molar-refractivity contribution in [2.24, 2.45) is 0 Å². The number of carbonyl (C=O) groups excluding carboxylic acids is 1. The molecule has 23 heavy (non-hydrogen) atoms. The smallest absolute Gasteiger partial charge is 0.236 e. The molecule has 3 rings (SSSR count). The monoisotopic (exact) mass is 314 g/mol. The lowest BCUT2D eigenvalue weighted by Crippen LogP contribution is -2.38. The fourth-order valence-electron chi connectivity index (χ4n) is 2.45. The van der Waals surface area contributed by atoms with E-state index in [0.29, 0.717) is 19.6 Å². The largest absolute Gasteiger partial charge is 0.489 e. The molecule has 0 bridgehead atoms. The molecule has 1 heterocycles. The molecule has 2 aromatic carbocycles. The summed E-state index contributed by atoms with van der Waals surface area (Å²) in [4.78, 5) is 11.5. The molecule has 2 aromatic rings. The van der Waals surface area contributed by atoms with Crippen molar-refractivity contribution in [1.29, 1.82) is 0 Å². The first-order valence-electron chi connectivity index (χ1n) is 7.71. The fourth-order valence-corrected chi connectivity index (χ4v) is 2.45. The van der Waals surface area contributed by atoms with E-state index in [1.54, 1.807) is 17.1 Å². The van der Waals surface area contributed by atoms with Crippen LogP contribution in [0.15, 0.2) is 48.5 Å². The highest BCUT2D eigenvalue weighted by atomic mass is 19.1. The van der Waals surface area contributed by atoms with Gasteiger partial charge in [0.2, 0.25) is 5.91 Å². The van der Waals surface area contributed by atoms with E-state index in [4.69, 9.17) is 4.74 Å². The van der Waals surface area contributed by atoms with Crippen molar-refractivity contribution in [3.8, 4) is 5.75 Å². The molecule has 0 unspecified atom stereocenters. The first-order valence-corrected chi connectivity index (χ1v) is 7.71. The average molecular weight is 314 g/mol. The van der Waals surface area contributed by atoms with Crippen LogP contribution in [-0.2, 0) is 17.9 Å². The zero-order chi connectivity index (χ0) is 16.1. The molecule has 0 atom stereocenters. The summed E-state index contributed by atoms with van der Waals surface area (Å²) in [6, 6.07) is 14.0. The number of nitrogens with one attached hydrogen (secondary N) is 1. The van der Waals surface area contributed by atoms with E-state index < -0.39 is 0 Å². The maximum absolute atomic E-state index is 12.8. The van der Waals surface area contributed by atoms with Crippen LogP contribution in [0.2, 0.25) is 0 Å². The lowest BCUT2D eigenvalue weighted by molar-refractivity contribution is -0.130. The van der Waals surface area contributed by atoms with Gasteiger partial charge in [0, 0.05) is 19.5 Å². The third-order valence-electron chi connectivity index (χ3n) is 3.79. The quantitative estimate of drug-likeness (QED) is 0.891. The number of halogens is 1. The highest BCUT2D eigenvalue weighted by Crippen LogP contribution is 2.15.